The van der Waals surface area contributed by atoms with E-state index in [2.05, 4.69) is 15.0 Å². The SMILES string of the molecule is CC(C)NS(=O)(=O)c1ccc(C(=O)Nc2nc3c(s2)CCCC3)cc1. The molecule has 0 atom stereocenters. The minimum absolute atomic E-state index is 0.141. The summed E-state index contributed by atoms with van der Waals surface area (Å²) in [5.41, 5.74) is 1.49. The molecule has 1 aromatic carbocycles. The van der Waals surface area contributed by atoms with E-state index >= 15 is 0 Å². The molecule has 0 saturated heterocycles. The minimum Gasteiger partial charge on any atom is -0.298 e. The number of thiazole rings is 1. The first kappa shape index (κ1) is 18.0. The molecular weight excluding hydrogens is 358 g/mol. The van der Waals surface area contributed by atoms with E-state index < -0.39 is 10.0 Å². The maximum absolute atomic E-state index is 12.4. The van der Waals surface area contributed by atoms with E-state index in [0.717, 1.165) is 25.0 Å². The molecule has 2 N–H and O–H groups in total. The normalized spacial score (nSPS) is 14.4. The van der Waals surface area contributed by atoms with Crippen LogP contribution in [-0.2, 0) is 22.9 Å². The Hall–Kier alpha value is -1.77. The second kappa shape index (κ2) is 7.23. The average Bonchev–Trinajstić information content (AvgIpc) is 2.96. The van der Waals surface area contributed by atoms with E-state index in [1.54, 1.807) is 13.8 Å². The second-order valence-corrected chi connectivity index (χ2v) is 9.15. The largest absolute Gasteiger partial charge is 0.298 e. The van der Waals surface area contributed by atoms with Crippen LogP contribution in [-0.4, -0.2) is 25.4 Å². The lowest BCUT2D eigenvalue weighted by molar-refractivity contribution is 0.102. The fraction of sp³-hybridized carbons (Fsp3) is 0.412. The van der Waals surface area contributed by atoms with Gasteiger partial charge in [-0.25, -0.2) is 18.1 Å². The van der Waals surface area contributed by atoms with Gasteiger partial charge in [0, 0.05) is 16.5 Å². The van der Waals surface area contributed by atoms with Crippen LogP contribution < -0.4 is 10.0 Å². The summed E-state index contributed by atoms with van der Waals surface area (Å²) in [6.07, 6.45) is 4.31. The highest BCUT2D eigenvalue weighted by Gasteiger charge is 2.18. The summed E-state index contributed by atoms with van der Waals surface area (Å²) in [5, 5.41) is 3.42. The number of hydrogen-bond acceptors (Lipinski definition) is 5. The topological polar surface area (TPSA) is 88.2 Å². The zero-order valence-corrected chi connectivity index (χ0v) is 15.8. The number of carbonyl (C=O) groups is 1. The van der Waals surface area contributed by atoms with Crippen LogP contribution in [0.3, 0.4) is 0 Å². The zero-order valence-electron chi connectivity index (χ0n) is 14.2. The number of fused-ring (bicyclic) bond motifs is 1. The van der Waals surface area contributed by atoms with Gasteiger partial charge in [0.2, 0.25) is 10.0 Å². The number of nitrogens with zero attached hydrogens (tertiary/aromatic N) is 1. The molecule has 25 heavy (non-hydrogen) atoms. The molecule has 1 aromatic heterocycles. The van der Waals surface area contributed by atoms with Crippen molar-refractivity contribution in [3.63, 3.8) is 0 Å². The van der Waals surface area contributed by atoms with Gasteiger partial charge in [0.1, 0.15) is 0 Å². The Balaban J connectivity index is 1.71. The molecule has 6 nitrogen and oxygen atoms in total. The summed E-state index contributed by atoms with van der Waals surface area (Å²) in [4.78, 5) is 18.2. The number of amides is 1. The molecule has 1 aliphatic carbocycles. The van der Waals surface area contributed by atoms with Gasteiger partial charge in [0.25, 0.3) is 5.91 Å². The van der Waals surface area contributed by atoms with Crippen LogP contribution in [0, 0.1) is 0 Å². The Morgan fingerprint density at radius 2 is 1.84 bits per heavy atom. The molecule has 0 radical (unpaired) electrons. The number of nitrogens with one attached hydrogen (secondary N) is 2. The monoisotopic (exact) mass is 379 g/mol. The average molecular weight is 380 g/mol. The van der Waals surface area contributed by atoms with E-state index in [9.17, 15) is 13.2 Å². The molecule has 0 aliphatic heterocycles. The van der Waals surface area contributed by atoms with Crippen molar-refractivity contribution in [3.8, 4) is 0 Å². The van der Waals surface area contributed by atoms with Crippen molar-refractivity contribution in [3.05, 3.63) is 40.4 Å². The third-order valence-corrected chi connectivity index (χ3v) is 6.63. The smallest absolute Gasteiger partial charge is 0.257 e. The lowest BCUT2D eigenvalue weighted by atomic mass is 10.0. The molecule has 0 spiro atoms. The molecule has 8 heteroatoms. The van der Waals surface area contributed by atoms with Crippen molar-refractivity contribution in [2.24, 2.45) is 0 Å². The Morgan fingerprint density at radius 3 is 2.48 bits per heavy atom. The molecule has 0 fully saturated rings. The van der Waals surface area contributed by atoms with Crippen molar-refractivity contribution in [2.75, 3.05) is 5.32 Å². The number of anilines is 1. The molecule has 0 unspecified atom stereocenters. The minimum atomic E-state index is -3.55. The van der Waals surface area contributed by atoms with Crippen LogP contribution in [0.15, 0.2) is 29.2 Å². The van der Waals surface area contributed by atoms with Crippen molar-refractivity contribution >= 4 is 32.4 Å². The fourth-order valence-electron chi connectivity index (χ4n) is 2.74. The Morgan fingerprint density at radius 1 is 1.16 bits per heavy atom. The van der Waals surface area contributed by atoms with Gasteiger partial charge in [-0.15, -0.1) is 11.3 Å². The standard InChI is InChI=1S/C17H21N3O3S2/c1-11(2)20-25(22,23)13-9-7-12(8-10-13)16(21)19-17-18-14-5-3-4-6-15(14)24-17/h7-11,20H,3-6H2,1-2H3,(H,18,19,21). The van der Waals surface area contributed by atoms with Crippen molar-refractivity contribution in [1.82, 2.24) is 9.71 Å². The van der Waals surface area contributed by atoms with Crippen LogP contribution in [0.2, 0.25) is 0 Å². The summed E-state index contributed by atoms with van der Waals surface area (Å²) in [5.74, 6) is -0.285. The van der Waals surface area contributed by atoms with E-state index in [1.165, 1.54) is 46.9 Å². The molecule has 3 rings (SSSR count). The highest BCUT2D eigenvalue weighted by molar-refractivity contribution is 7.89. The summed E-state index contributed by atoms with van der Waals surface area (Å²) in [7, 11) is -3.55. The molecule has 2 aromatic rings. The van der Waals surface area contributed by atoms with Crippen molar-refractivity contribution < 1.29 is 13.2 Å². The van der Waals surface area contributed by atoms with Crippen LogP contribution in [0.5, 0.6) is 0 Å². The summed E-state index contributed by atoms with van der Waals surface area (Å²) in [6.45, 7) is 3.51. The lowest BCUT2D eigenvalue weighted by Crippen LogP contribution is -2.30. The number of aryl methyl sites for hydroxylation is 2. The number of hydrogen-bond donors (Lipinski definition) is 2. The van der Waals surface area contributed by atoms with Crippen LogP contribution in [0.4, 0.5) is 5.13 Å². The maximum atomic E-state index is 12.4. The van der Waals surface area contributed by atoms with Crippen LogP contribution in [0.25, 0.3) is 0 Å². The van der Waals surface area contributed by atoms with E-state index in [1.807, 2.05) is 0 Å². The van der Waals surface area contributed by atoms with Gasteiger partial charge in [-0.1, -0.05) is 0 Å². The van der Waals surface area contributed by atoms with Gasteiger partial charge in [-0.3, -0.25) is 10.1 Å². The van der Waals surface area contributed by atoms with Crippen molar-refractivity contribution in [2.45, 2.75) is 50.5 Å². The second-order valence-electron chi connectivity index (χ2n) is 6.35. The predicted octanol–water partition coefficient (Wildman–Crippen LogP) is 2.96. The molecule has 1 aliphatic rings. The highest BCUT2D eigenvalue weighted by Crippen LogP contribution is 2.29. The van der Waals surface area contributed by atoms with Gasteiger partial charge in [-0.2, -0.15) is 0 Å². The van der Waals surface area contributed by atoms with Crippen molar-refractivity contribution in [1.29, 1.82) is 0 Å². The van der Waals surface area contributed by atoms with E-state index in [-0.39, 0.29) is 16.8 Å². The Labute approximate surface area is 151 Å². The predicted molar refractivity (Wildman–Crippen MR) is 98.6 cm³/mol. The number of rotatable bonds is 5. The molecule has 0 bridgehead atoms. The number of aromatic nitrogens is 1. The zero-order chi connectivity index (χ0) is 18.0. The lowest BCUT2D eigenvalue weighted by Gasteiger charge is -2.10. The maximum Gasteiger partial charge on any atom is 0.257 e. The summed E-state index contributed by atoms with van der Waals surface area (Å²) >= 11 is 1.52. The first-order valence-electron chi connectivity index (χ1n) is 8.27. The molecule has 1 heterocycles. The quantitative estimate of drug-likeness (QED) is 0.836. The van der Waals surface area contributed by atoms with Gasteiger partial charge in [0.05, 0.1) is 10.6 Å². The van der Waals surface area contributed by atoms with Gasteiger partial charge < -0.3 is 0 Å². The van der Waals surface area contributed by atoms with E-state index in [4.69, 9.17) is 0 Å². The summed E-state index contributed by atoms with van der Waals surface area (Å²) < 4.78 is 26.7. The first-order valence-corrected chi connectivity index (χ1v) is 10.6. The van der Waals surface area contributed by atoms with E-state index in [0.29, 0.717) is 10.7 Å². The fourth-order valence-corrected chi connectivity index (χ4v) is 5.03. The first-order chi connectivity index (χ1) is 11.8. The highest BCUT2D eigenvalue weighted by atomic mass is 32.2. The van der Waals surface area contributed by atoms with Crippen LogP contribution >= 0.6 is 11.3 Å². The molecule has 0 saturated carbocycles. The number of sulfonamides is 1. The Kier molecular flexibility index (Phi) is 5.21. The summed E-state index contributed by atoms with van der Waals surface area (Å²) in [6, 6.07) is 5.71. The number of benzene rings is 1. The molecular formula is C17H21N3O3S2. The van der Waals surface area contributed by atoms with Crippen LogP contribution in [0.1, 0.15) is 47.6 Å². The van der Waals surface area contributed by atoms with Gasteiger partial charge in [-0.05, 0) is 63.8 Å². The van der Waals surface area contributed by atoms with Gasteiger partial charge >= 0.3 is 0 Å². The van der Waals surface area contributed by atoms with Gasteiger partial charge in [0.15, 0.2) is 5.13 Å². The molecule has 1 amide bonds. The third kappa shape index (κ3) is 4.26. The Bertz CT molecular complexity index is 848. The third-order valence-electron chi connectivity index (χ3n) is 3.88. The number of carbonyl (C=O) groups excluding carboxylic acids is 1. The molecule has 134 valence electrons.